The minimum absolute atomic E-state index is 0.0179. The fourth-order valence-electron chi connectivity index (χ4n) is 1.64. The van der Waals surface area contributed by atoms with Gasteiger partial charge in [-0.1, -0.05) is 0 Å². The number of nitrogen functional groups attached to an aromatic ring is 1. The van der Waals surface area contributed by atoms with Gasteiger partial charge in [0, 0.05) is 19.4 Å². The third-order valence-electron chi connectivity index (χ3n) is 2.21. The highest BCUT2D eigenvalue weighted by Gasteiger charge is 2.16. The van der Waals surface area contributed by atoms with Crippen molar-refractivity contribution in [2.45, 2.75) is 6.92 Å². The van der Waals surface area contributed by atoms with Crippen LogP contribution in [-0.2, 0) is 7.05 Å². The molecule has 0 saturated heterocycles. The third kappa shape index (κ3) is 1.39. The van der Waals surface area contributed by atoms with Crippen LogP contribution < -0.4 is 5.73 Å². The molecule has 0 aliphatic carbocycles. The van der Waals surface area contributed by atoms with Crippen LogP contribution in [0.3, 0.4) is 0 Å². The van der Waals surface area contributed by atoms with Crippen LogP contribution in [0.25, 0.3) is 5.82 Å². The van der Waals surface area contributed by atoms with Crippen molar-refractivity contribution in [1.29, 1.82) is 5.41 Å². The Morgan fingerprint density at radius 2 is 2.27 bits per heavy atom. The Kier molecular flexibility index (Phi) is 2.03. The van der Waals surface area contributed by atoms with Gasteiger partial charge in [0.1, 0.15) is 18.0 Å². The van der Waals surface area contributed by atoms with E-state index in [9.17, 15) is 0 Å². The number of hydrogen-bond donors (Lipinski definition) is 2. The number of nitrogens with one attached hydrogen (secondary N) is 1. The minimum Gasteiger partial charge on any atom is -0.384 e. The van der Waals surface area contributed by atoms with Gasteiger partial charge in [-0.25, -0.2) is 4.98 Å². The van der Waals surface area contributed by atoms with Gasteiger partial charge in [-0.15, -0.1) is 0 Å². The Labute approximate surface area is 86.9 Å². The second-order valence-corrected chi connectivity index (χ2v) is 3.29. The fourth-order valence-corrected chi connectivity index (χ4v) is 1.64. The molecule has 2 rings (SSSR count). The molecule has 6 heteroatoms. The van der Waals surface area contributed by atoms with E-state index in [2.05, 4.69) is 10.1 Å². The molecular formula is C9H12N6. The van der Waals surface area contributed by atoms with E-state index >= 15 is 0 Å². The van der Waals surface area contributed by atoms with Crippen molar-refractivity contribution in [3.8, 4) is 5.82 Å². The average Bonchev–Trinajstić information content (AvgIpc) is 2.71. The average molecular weight is 204 g/mol. The van der Waals surface area contributed by atoms with Gasteiger partial charge >= 0.3 is 0 Å². The molecule has 0 spiro atoms. The number of nitrogens with two attached hydrogens (primary N) is 1. The molecule has 0 saturated carbocycles. The first-order chi connectivity index (χ1) is 7.11. The quantitative estimate of drug-likeness (QED) is 0.541. The van der Waals surface area contributed by atoms with Gasteiger partial charge in [0.25, 0.3) is 0 Å². The molecule has 15 heavy (non-hydrogen) atoms. The maximum atomic E-state index is 7.52. The Morgan fingerprint density at radius 3 is 2.80 bits per heavy atom. The van der Waals surface area contributed by atoms with Crippen LogP contribution in [0.15, 0.2) is 18.7 Å². The second kappa shape index (κ2) is 3.23. The second-order valence-electron chi connectivity index (χ2n) is 3.29. The van der Waals surface area contributed by atoms with Crippen molar-refractivity contribution in [3.05, 3.63) is 30.0 Å². The van der Waals surface area contributed by atoms with Crippen LogP contribution >= 0.6 is 0 Å². The van der Waals surface area contributed by atoms with Crippen LogP contribution in [0.4, 0.5) is 0 Å². The number of nitrogens with zero attached hydrogens (tertiary/aromatic N) is 4. The molecule has 2 heterocycles. The van der Waals surface area contributed by atoms with Crippen molar-refractivity contribution >= 4 is 5.84 Å². The van der Waals surface area contributed by atoms with Crippen molar-refractivity contribution in [3.63, 3.8) is 0 Å². The molecule has 2 aromatic rings. The Balaban J connectivity index is 2.70. The number of hydrogen-bond acceptors (Lipinski definition) is 3. The van der Waals surface area contributed by atoms with Crippen molar-refractivity contribution in [1.82, 2.24) is 19.3 Å². The molecule has 78 valence electrons. The summed E-state index contributed by atoms with van der Waals surface area (Å²) < 4.78 is 3.48. The van der Waals surface area contributed by atoms with E-state index in [0.717, 1.165) is 11.5 Å². The first-order valence-electron chi connectivity index (χ1n) is 4.47. The van der Waals surface area contributed by atoms with Gasteiger partial charge in [0.05, 0.1) is 11.3 Å². The first kappa shape index (κ1) is 9.45. The van der Waals surface area contributed by atoms with Crippen molar-refractivity contribution < 1.29 is 0 Å². The molecular weight excluding hydrogens is 192 g/mol. The lowest BCUT2D eigenvalue weighted by molar-refractivity contribution is 0.722. The molecule has 3 N–H and O–H groups in total. The largest absolute Gasteiger partial charge is 0.384 e. The molecule has 0 aromatic carbocycles. The molecule has 0 radical (unpaired) electrons. The number of rotatable bonds is 2. The summed E-state index contributed by atoms with van der Waals surface area (Å²) in [6, 6.07) is 0. The lowest BCUT2D eigenvalue weighted by Crippen LogP contribution is -2.15. The monoisotopic (exact) mass is 204 g/mol. The zero-order valence-electron chi connectivity index (χ0n) is 8.60. The topological polar surface area (TPSA) is 85.5 Å². The summed E-state index contributed by atoms with van der Waals surface area (Å²) in [6.45, 7) is 1.83. The molecule has 0 aliphatic rings. The molecule has 6 nitrogen and oxygen atoms in total. The van der Waals surface area contributed by atoms with Crippen LogP contribution in [-0.4, -0.2) is 25.2 Å². The van der Waals surface area contributed by atoms with E-state index in [-0.39, 0.29) is 5.84 Å². The predicted octanol–water partition coefficient (Wildman–Crippen LogP) is 0.198. The zero-order chi connectivity index (χ0) is 11.0. The van der Waals surface area contributed by atoms with Crippen molar-refractivity contribution in [2.24, 2.45) is 12.8 Å². The summed E-state index contributed by atoms with van der Waals surface area (Å²) >= 11 is 0. The zero-order valence-corrected chi connectivity index (χ0v) is 8.60. The molecule has 0 amide bonds. The first-order valence-corrected chi connectivity index (χ1v) is 4.47. The number of aryl methyl sites for hydroxylation is 2. The van der Waals surface area contributed by atoms with Gasteiger partial charge in [0.15, 0.2) is 0 Å². The number of aromatic nitrogens is 4. The van der Waals surface area contributed by atoms with E-state index in [4.69, 9.17) is 11.1 Å². The molecule has 0 fully saturated rings. The lowest BCUT2D eigenvalue weighted by atomic mass is 10.2. The minimum atomic E-state index is 0.0179. The number of imidazole rings is 1. The van der Waals surface area contributed by atoms with Crippen LogP contribution in [0, 0.1) is 12.3 Å². The summed E-state index contributed by atoms with van der Waals surface area (Å²) in [6.07, 6.45) is 5.12. The van der Waals surface area contributed by atoms with Gasteiger partial charge in [-0.3, -0.25) is 14.7 Å². The molecule has 0 bridgehead atoms. The Hall–Kier alpha value is -2.11. The van der Waals surface area contributed by atoms with Gasteiger partial charge in [-0.05, 0) is 6.92 Å². The van der Waals surface area contributed by atoms with Gasteiger partial charge in [-0.2, -0.15) is 5.10 Å². The summed E-state index contributed by atoms with van der Waals surface area (Å²) in [5.74, 6) is 0.779. The Morgan fingerprint density at radius 1 is 1.53 bits per heavy atom. The van der Waals surface area contributed by atoms with Crippen molar-refractivity contribution in [2.75, 3.05) is 0 Å². The SMILES string of the molecule is Cc1nn(C)c(-n2ccnc2)c1C(=N)N. The fraction of sp³-hybridized carbons (Fsp3) is 0.222. The normalized spacial score (nSPS) is 10.5. The predicted molar refractivity (Wildman–Crippen MR) is 56.1 cm³/mol. The maximum absolute atomic E-state index is 7.52. The summed E-state index contributed by atoms with van der Waals surface area (Å²) in [5, 5.41) is 11.8. The lowest BCUT2D eigenvalue weighted by Gasteiger charge is -2.05. The van der Waals surface area contributed by atoms with E-state index in [1.54, 1.807) is 28.0 Å². The van der Waals surface area contributed by atoms with E-state index in [0.29, 0.717) is 5.56 Å². The van der Waals surface area contributed by atoms with E-state index < -0.39 is 0 Å². The molecule has 0 unspecified atom stereocenters. The highest BCUT2D eigenvalue weighted by molar-refractivity contribution is 5.99. The van der Waals surface area contributed by atoms with Gasteiger partial charge < -0.3 is 5.73 Å². The standard InChI is InChI=1S/C9H12N6/c1-6-7(8(10)11)9(14(2)13-6)15-4-3-12-5-15/h3-5H,1-2H3,(H3,10,11). The molecule has 0 aliphatic heterocycles. The Bertz CT molecular complexity index is 493. The van der Waals surface area contributed by atoms with Crippen LogP contribution in [0.5, 0.6) is 0 Å². The maximum Gasteiger partial charge on any atom is 0.147 e. The summed E-state index contributed by atoms with van der Waals surface area (Å²) in [7, 11) is 1.81. The van der Waals surface area contributed by atoms with Crippen LogP contribution in [0.1, 0.15) is 11.3 Å². The molecule has 0 atom stereocenters. The summed E-state index contributed by atoms with van der Waals surface area (Å²) in [5.41, 5.74) is 6.92. The smallest absolute Gasteiger partial charge is 0.147 e. The molecule has 2 aromatic heterocycles. The van der Waals surface area contributed by atoms with Crippen LogP contribution in [0.2, 0.25) is 0 Å². The highest BCUT2D eigenvalue weighted by Crippen LogP contribution is 2.16. The summed E-state index contributed by atoms with van der Waals surface area (Å²) in [4.78, 5) is 3.96. The van der Waals surface area contributed by atoms with Gasteiger partial charge in [0.2, 0.25) is 0 Å². The van der Waals surface area contributed by atoms with E-state index in [1.165, 1.54) is 0 Å². The highest BCUT2D eigenvalue weighted by atomic mass is 15.3. The number of amidine groups is 1. The van der Waals surface area contributed by atoms with E-state index in [1.807, 2.05) is 14.0 Å². The third-order valence-corrected chi connectivity index (χ3v) is 2.21.